The molecule has 0 bridgehead atoms. The van der Waals surface area contributed by atoms with E-state index in [1.807, 2.05) is 30.3 Å². The quantitative estimate of drug-likeness (QED) is 0.624. The van der Waals surface area contributed by atoms with E-state index in [9.17, 15) is 18.0 Å². The smallest absolute Gasteiger partial charge is 0.312 e. The summed E-state index contributed by atoms with van der Waals surface area (Å²) in [6.07, 6.45) is -1.64. The topological polar surface area (TPSA) is 33.2 Å². The number of aromatic nitrogens is 1. The van der Waals surface area contributed by atoms with Crippen LogP contribution in [0.15, 0.2) is 60.8 Å². The fraction of sp³-hybridized carbons (Fsp3) is 0.238. The number of fused-ring (bicyclic) bond motifs is 1. The van der Waals surface area contributed by atoms with Crippen molar-refractivity contribution in [2.75, 3.05) is 11.4 Å². The van der Waals surface area contributed by atoms with Gasteiger partial charge in [0.05, 0.1) is 11.1 Å². The molecule has 0 radical (unpaired) electrons. The molecule has 138 valence electrons. The van der Waals surface area contributed by atoms with E-state index in [2.05, 4.69) is 4.98 Å². The number of halogens is 3. The lowest BCUT2D eigenvalue weighted by Gasteiger charge is -2.32. The predicted molar refractivity (Wildman–Crippen MR) is 97.5 cm³/mol. The SMILES string of the molecule is O=C1CC(c2ccc(C(F)(F)F)cc2)CCN1c1ccc2cccnc2c1. The van der Waals surface area contributed by atoms with Crippen molar-refractivity contribution < 1.29 is 18.0 Å². The Morgan fingerprint density at radius 2 is 1.81 bits per heavy atom. The first-order chi connectivity index (χ1) is 12.9. The van der Waals surface area contributed by atoms with Crippen LogP contribution in [0.25, 0.3) is 10.9 Å². The van der Waals surface area contributed by atoms with Crippen LogP contribution < -0.4 is 4.90 Å². The zero-order valence-corrected chi connectivity index (χ0v) is 14.4. The maximum atomic E-state index is 12.7. The number of carbonyl (C=O) groups excluding carboxylic acids is 1. The van der Waals surface area contributed by atoms with Gasteiger partial charge >= 0.3 is 6.18 Å². The number of rotatable bonds is 2. The molecule has 1 fully saturated rings. The van der Waals surface area contributed by atoms with Crippen LogP contribution in [0.1, 0.15) is 29.9 Å². The summed E-state index contributed by atoms with van der Waals surface area (Å²) in [5.74, 6) is -0.0870. The minimum absolute atomic E-state index is 0.0265. The average Bonchev–Trinajstić information content (AvgIpc) is 2.67. The summed E-state index contributed by atoms with van der Waals surface area (Å²) in [5.41, 5.74) is 1.74. The third kappa shape index (κ3) is 3.52. The van der Waals surface area contributed by atoms with Gasteiger partial charge in [-0.05, 0) is 48.2 Å². The molecule has 4 rings (SSSR count). The number of alkyl halides is 3. The van der Waals surface area contributed by atoms with E-state index in [1.54, 1.807) is 11.1 Å². The number of hydrogen-bond donors (Lipinski definition) is 0. The van der Waals surface area contributed by atoms with Crippen LogP contribution in [0, 0.1) is 0 Å². The van der Waals surface area contributed by atoms with Crippen LogP contribution in [0.4, 0.5) is 18.9 Å². The second-order valence-corrected chi connectivity index (χ2v) is 6.74. The van der Waals surface area contributed by atoms with Crippen molar-refractivity contribution in [2.24, 2.45) is 0 Å². The van der Waals surface area contributed by atoms with Crippen molar-refractivity contribution in [3.63, 3.8) is 0 Å². The van der Waals surface area contributed by atoms with Crippen molar-refractivity contribution in [2.45, 2.75) is 24.9 Å². The first kappa shape index (κ1) is 17.5. The molecule has 3 aromatic rings. The van der Waals surface area contributed by atoms with Crippen LogP contribution in [0.2, 0.25) is 0 Å². The van der Waals surface area contributed by atoms with Gasteiger partial charge < -0.3 is 4.90 Å². The van der Waals surface area contributed by atoms with Gasteiger partial charge in [-0.2, -0.15) is 13.2 Å². The van der Waals surface area contributed by atoms with Gasteiger partial charge in [-0.25, -0.2) is 0 Å². The molecule has 0 aliphatic carbocycles. The summed E-state index contributed by atoms with van der Waals surface area (Å²) < 4.78 is 38.1. The number of anilines is 1. The highest BCUT2D eigenvalue weighted by molar-refractivity contribution is 5.96. The second-order valence-electron chi connectivity index (χ2n) is 6.74. The standard InChI is InChI=1S/C21H17F3N2O/c22-21(23,24)17-6-3-14(4-7-17)16-9-11-26(20(27)12-16)18-8-5-15-2-1-10-25-19(15)13-18/h1-8,10,13,16H,9,11-12H2. The van der Waals surface area contributed by atoms with E-state index < -0.39 is 11.7 Å². The van der Waals surface area contributed by atoms with Gasteiger partial charge in [-0.1, -0.05) is 24.3 Å². The summed E-state index contributed by atoms with van der Waals surface area (Å²) in [4.78, 5) is 18.7. The Kier molecular flexibility index (Phi) is 4.34. The van der Waals surface area contributed by atoms with Crippen molar-refractivity contribution in [1.82, 2.24) is 4.98 Å². The molecule has 0 saturated carbocycles. The number of pyridine rings is 1. The number of hydrogen-bond acceptors (Lipinski definition) is 2. The monoisotopic (exact) mass is 370 g/mol. The van der Waals surface area contributed by atoms with Crippen LogP contribution >= 0.6 is 0 Å². The minimum Gasteiger partial charge on any atom is -0.312 e. The first-order valence-electron chi connectivity index (χ1n) is 8.74. The Labute approximate surface area is 154 Å². The number of piperidine rings is 1. The Morgan fingerprint density at radius 3 is 2.52 bits per heavy atom. The zero-order chi connectivity index (χ0) is 19.0. The number of benzene rings is 2. The molecule has 1 amide bonds. The van der Waals surface area contributed by atoms with Gasteiger partial charge in [0.15, 0.2) is 0 Å². The molecule has 0 N–H and O–H groups in total. The maximum Gasteiger partial charge on any atom is 0.416 e. The average molecular weight is 370 g/mol. The van der Waals surface area contributed by atoms with Gasteiger partial charge in [0.25, 0.3) is 0 Å². The largest absolute Gasteiger partial charge is 0.416 e. The molecular formula is C21H17F3N2O. The third-order valence-corrected chi connectivity index (χ3v) is 5.03. The summed E-state index contributed by atoms with van der Waals surface area (Å²) in [6, 6.07) is 14.7. The summed E-state index contributed by atoms with van der Waals surface area (Å²) >= 11 is 0. The second kappa shape index (κ2) is 6.68. The number of nitrogens with zero attached hydrogens (tertiary/aromatic N) is 2. The molecule has 1 unspecified atom stereocenters. The normalized spacial score (nSPS) is 18.1. The summed E-state index contributed by atoms with van der Waals surface area (Å²) in [6.45, 7) is 0.531. The number of carbonyl (C=O) groups is 1. The zero-order valence-electron chi connectivity index (χ0n) is 14.4. The molecule has 1 aromatic heterocycles. The molecule has 1 aliphatic rings. The Morgan fingerprint density at radius 1 is 1.04 bits per heavy atom. The molecule has 0 spiro atoms. The molecule has 3 nitrogen and oxygen atoms in total. The Bertz CT molecular complexity index is 983. The van der Waals surface area contributed by atoms with E-state index in [0.717, 1.165) is 34.3 Å². The lowest BCUT2D eigenvalue weighted by molar-refractivity contribution is -0.137. The molecule has 2 heterocycles. The first-order valence-corrected chi connectivity index (χ1v) is 8.74. The van der Waals surface area contributed by atoms with E-state index in [1.165, 1.54) is 12.1 Å². The maximum absolute atomic E-state index is 12.7. The molecule has 1 saturated heterocycles. The molecule has 1 atom stereocenters. The fourth-order valence-corrected chi connectivity index (χ4v) is 3.56. The van der Waals surface area contributed by atoms with Gasteiger partial charge in [0.1, 0.15) is 0 Å². The van der Waals surface area contributed by atoms with Crippen molar-refractivity contribution in [3.8, 4) is 0 Å². The van der Waals surface area contributed by atoms with Crippen molar-refractivity contribution >= 4 is 22.5 Å². The minimum atomic E-state index is -4.35. The molecule has 27 heavy (non-hydrogen) atoms. The third-order valence-electron chi connectivity index (χ3n) is 5.03. The van der Waals surface area contributed by atoms with Gasteiger partial charge in [-0.15, -0.1) is 0 Å². The van der Waals surface area contributed by atoms with E-state index >= 15 is 0 Å². The van der Waals surface area contributed by atoms with Crippen LogP contribution in [0.5, 0.6) is 0 Å². The number of amides is 1. The highest BCUT2D eigenvalue weighted by atomic mass is 19.4. The molecular weight excluding hydrogens is 353 g/mol. The van der Waals surface area contributed by atoms with Gasteiger partial charge in [0, 0.05) is 30.2 Å². The molecule has 6 heteroatoms. The van der Waals surface area contributed by atoms with Gasteiger partial charge in [0.2, 0.25) is 5.91 Å². The molecule has 1 aliphatic heterocycles. The lowest BCUT2D eigenvalue weighted by Crippen LogP contribution is -2.38. The highest BCUT2D eigenvalue weighted by Gasteiger charge is 2.31. The fourth-order valence-electron chi connectivity index (χ4n) is 3.56. The van der Waals surface area contributed by atoms with Crippen LogP contribution in [-0.4, -0.2) is 17.4 Å². The van der Waals surface area contributed by atoms with E-state index in [-0.39, 0.29) is 18.2 Å². The van der Waals surface area contributed by atoms with Crippen LogP contribution in [-0.2, 0) is 11.0 Å². The highest BCUT2D eigenvalue weighted by Crippen LogP contribution is 2.34. The van der Waals surface area contributed by atoms with Crippen LogP contribution in [0.3, 0.4) is 0 Å². The Balaban J connectivity index is 1.51. The Hall–Kier alpha value is -2.89. The van der Waals surface area contributed by atoms with Crippen molar-refractivity contribution in [3.05, 3.63) is 71.9 Å². The lowest BCUT2D eigenvalue weighted by atomic mass is 9.88. The van der Waals surface area contributed by atoms with Gasteiger partial charge in [-0.3, -0.25) is 9.78 Å². The van der Waals surface area contributed by atoms with E-state index in [4.69, 9.17) is 0 Å². The summed E-state index contributed by atoms with van der Waals surface area (Å²) in [5, 5.41) is 1.01. The van der Waals surface area contributed by atoms with E-state index in [0.29, 0.717) is 13.0 Å². The molecule has 2 aromatic carbocycles. The summed E-state index contributed by atoms with van der Waals surface area (Å²) in [7, 11) is 0. The predicted octanol–water partition coefficient (Wildman–Crippen LogP) is 5.16. The van der Waals surface area contributed by atoms with Crippen molar-refractivity contribution in [1.29, 1.82) is 0 Å².